The molecule has 0 spiro atoms. The molecule has 2 N–H and O–H groups in total. The molecule has 1 nitrogen and oxygen atoms in total. The van der Waals surface area contributed by atoms with E-state index in [1.165, 1.54) is 28.9 Å². The number of thioether (sulfide) groups is 1. The average Bonchev–Trinajstić information content (AvgIpc) is 2.43. The zero-order chi connectivity index (χ0) is 14.0. The monoisotopic (exact) mass is 283 g/mol. The van der Waals surface area contributed by atoms with Crippen LogP contribution in [0, 0.1) is 6.92 Å². The molecule has 1 aliphatic carbocycles. The minimum absolute atomic E-state index is 0.230. The summed E-state index contributed by atoms with van der Waals surface area (Å²) in [4.78, 5) is 1.35. The maximum absolute atomic E-state index is 6.07. The summed E-state index contributed by atoms with van der Waals surface area (Å²) >= 11 is 1.97. The Morgan fingerprint density at radius 2 is 1.85 bits per heavy atom. The van der Waals surface area contributed by atoms with Gasteiger partial charge in [-0.1, -0.05) is 48.0 Å². The van der Waals surface area contributed by atoms with Crippen molar-refractivity contribution < 1.29 is 0 Å². The number of hydrogen-bond acceptors (Lipinski definition) is 2. The van der Waals surface area contributed by atoms with Crippen molar-refractivity contribution in [3.63, 3.8) is 0 Å². The SMILES string of the molecule is Cc1cccc(SC2(CN)CC(c3ccccc3)C2)c1. The van der Waals surface area contributed by atoms with E-state index in [1.54, 1.807) is 0 Å². The summed E-state index contributed by atoms with van der Waals surface area (Å²) in [6.45, 7) is 2.90. The first-order valence-corrected chi connectivity index (χ1v) is 8.03. The summed E-state index contributed by atoms with van der Waals surface area (Å²) in [5.41, 5.74) is 8.85. The third-order valence-corrected chi connectivity index (χ3v) is 5.63. The Kier molecular flexibility index (Phi) is 3.86. The maximum Gasteiger partial charge on any atom is 0.0341 e. The topological polar surface area (TPSA) is 26.0 Å². The van der Waals surface area contributed by atoms with E-state index in [0.717, 1.165) is 6.54 Å². The Hall–Kier alpha value is -1.25. The molecule has 0 radical (unpaired) electrons. The molecule has 0 saturated heterocycles. The molecule has 1 fully saturated rings. The van der Waals surface area contributed by atoms with Crippen LogP contribution in [0.1, 0.15) is 29.9 Å². The van der Waals surface area contributed by atoms with E-state index in [-0.39, 0.29) is 4.75 Å². The minimum atomic E-state index is 0.230. The van der Waals surface area contributed by atoms with Gasteiger partial charge in [-0.2, -0.15) is 0 Å². The van der Waals surface area contributed by atoms with Crippen molar-refractivity contribution in [3.05, 3.63) is 65.7 Å². The van der Waals surface area contributed by atoms with Gasteiger partial charge in [0.05, 0.1) is 0 Å². The lowest BCUT2D eigenvalue weighted by Gasteiger charge is -2.47. The third-order valence-electron chi connectivity index (χ3n) is 4.20. The van der Waals surface area contributed by atoms with Crippen LogP contribution in [0.2, 0.25) is 0 Å². The average molecular weight is 283 g/mol. The Balaban J connectivity index is 1.70. The number of benzene rings is 2. The van der Waals surface area contributed by atoms with Crippen molar-refractivity contribution in [3.8, 4) is 0 Å². The van der Waals surface area contributed by atoms with Gasteiger partial charge in [0.25, 0.3) is 0 Å². The molecule has 0 bridgehead atoms. The molecule has 0 heterocycles. The molecule has 2 aromatic rings. The lowest BCUT2D eigenvalue weighted by molar-refractivity contribution is 0.313. The Morgan fingerprint density at radius 3 is 2.50 bits per heavy atom. The Bertz CT molecular complexity index is 573. The highest BCUT2D eigenvalue weighted by Crippen LogP contribution is 2.54. The van der Waals surface area contributed by atoms with Gasteiger partial charge in [-0.05, 0) is 43.4 Å². The van der Waals surface area contributed by atoms with Gasteiger partial charge in [0.15, 0.2) is 0 Å². The summed E-state index contributed by atoms with van der Waals surface area (Å²) in [6, 6.07) is 19.6. The van der Waals surface area contributed by atoms with Gasteiger partial charge in [0.1, 0.15) is 0 Å². The van der Waals surface area contributed by atoms with Crippen molar-refractivity contribution in [2.75, 3.05) is 6.54 Å². The number of rotatable bonds is 4. The molecule has 2 aromatic carbocycles. The van der Waals surface area contributed by atoms with Crippen LogP contribution in [-0.4, -0.2) is 11.3 Å². The first-order valence-electron chi connectivity index (χ1n) is 7.21. The zero-order valence-corrected chi connectivity index (χ0v) is 12.7. The molecule has 104 valence electrons. The summed E-state index contributed by atoms with van der Waals surface area (Å²) in [5, 5.41) is 0. The van der Waals surface area contributed by atoms with Gasteiger partial charge < -0.3 is 5.73 Å². The highest BCUT2D eigenvalue weighted by atomic mass is 32.2. The van der Waals surface area contributed by atoms with Gasteiger partial charge in [-0.3, -0.25) is 0 Å². The fourth-order valence-electron chi connectivity index (χ4n) is 3.02. The largest absolute Gasteiger partial charge is 0.329 e. The zero-order valence-electron chi connectivity index (χ0n) is 11.9. The molecule has 3 rings (SSSR count). The Morgan fingerprint density at radius 1 is 1.10 bits per heavy atom. The smallest absolute Gasteiger partial charge is 0.0341 e. The number of hydrogen-bond donors (Lipinski definition) is 1. The molecule has 1 saturated carbocycles. The van der Waals surface area contributed by atoms with Crippen LogP contribution in [0.4, 0.5) is 0 Å². The quantitative estimate of drug-likeness (QED) is 0.902. The predicted octanol–water partition coefficient (Wildman–Crippen LogP) is 4.36. The molecule has 0 aromatic heterocycles. The fraction of sp³-hybridized carbons (Fsp3) is 0.333. The van der Waals surface area contributed by atoms with E-state index in [2.05, 4.69) is 61.5 Å². The molecule has 0 atom stereocenters. The van der Waals surface area contributed by atoms with E-state index in [1.807, 2.05) is 11.8 Å². The van der Waals surface area contributed by atoms with Crippen LogP contribution in [0.15, 0.2) is 59.5 Å². The van der Waals surface area contributed by atoms with E-state index in [9.17, 15) is 0 Å². The standard InChI is InChI=1S/C18H21NS/c1-14-6-5-9-17(10-14)20-18(13-19)11-16(12-18)15-7-3-2-4-8-15/h2-10,16H,11-13,19H2,1H3. The molecular formula is C18H21NS. The van der Waals surface area contributed by atoms with Gasteiger partial charge in [-0.25, -0.2) is 0 Å². The van der Waals surface area contributed by atoms with Crippen molar-refractivity contribution >= 4 is 11.8 Å². The van der Waals surface area contributed by atoms with Crippen molar-refractivity contribution in [2.24, 2.45) is 5.73 Å². The first-order chi connectivity index (χ1) is 9.71. The van der Waals surface area contributed by atoms with Gasteiger partial charge in [-0.15, -0.1) is 11.8 Å². The number of nitrogens with two attached hydrogens (primary N) is 1. The van der Waals surface area contributed by atoms with E-state index >= 15 is 0 Å². The lowest BCUT2D eigenvalue weighted by Crippen LogP contribution is -2.45. The normalized spacial score (nSPS) is 25.2. The molecule has 0 aliphatic heterocycles. The summed E-state index contributed by atoms with van der Waals surface area (Å²) in [6.07, 6.45) is 2.37. The second kappa shape index (κ2) is 5.63. The van der Waals surface area contributed by atoms with Crippen LogP contribution >= 0.6 is 11.8 Å². The van der Waals surface area contributed by atoms with E-state index in [4.69, 9.17) is 5.73 Å². The molecule has 2 heteroatoms. The highest BCUT2D eigenvalue weighted by molar-refractivity contribution is 8.00. The lowest BCUT2D eigenvalue weighted by atomic mass is 9.70. The second-order valence-corrected chi connectivity index (χ2v) is 7.36. The van der Waals surface area contributed by atoms with Crippen molar-refractivity contribution in [1.29, 1.82) is 0 Å². The molecule has 0 unspecified atom stereocenters. The summed E-state index contributed by atoms with van der Waals surface area (Å²) in [7, 11) is 0. The minimum Gasteiger partial charge on any atom is -0.329 e. The van der Waals surface area contributed by atoms with E-state index in [0.29, 0.717) is 5.92 Å². The summed E-state index contributed by atoms with van der Waals surface area (Å²) in [5.74, 6) is 0.678. The molecule has 20 heavy (non-hydrogen) atoms. The van der Waals surface area contributed by atoms with E-state index < -0.39 is 0 Å². The molecule has 1 aliphatic rings. The fourth-order valence-corrected chi connectivity index (χ4v) is 4.56. The third kappa shape index (κ3) is 2.77. The van der Waals surface area contributed by atoms with Gasteiger partial charge in [0, 0.05) is 16.2 Å². The van der Waals surface area contributed by atoms with Gasteiger partial charge in [0.2, 0.25) is 0 Å². The van der Waals surface area contributed by atoms with Gasteiger partial charge >= 0.3 is 0 Å². The first kappa shape index (κ1) is 13.7. The molecular weight excluding hydrogens is 262 g/mol. The Labute approximate surface area is 125 Å². The van der Waals surface area contributed by atoms with Crippen LogP contribution in [0.25, 0.3) is 0 Å². The van der Waals surface area contributed by atoms with Crippen LogP contribution < -0.4 is 5.73 Å². The van der Waals surface area contributed by atoms with Crippen LogP contribution in [0.3, 0.4) is 0 Å². The van der Waals surface area contributed by atoms with Crippen LogP contribution in [-0.2, 0) is 0 Å². The predicted molar refractivity (Wildman–Crippen MR) is 87.2 cm³/mol. The highest BCUT2D eigenvalue weighted by Gasteiger charge is 2.44. The maximum atomic E-state index is 6.07. The summed E-state index contributed by atoms with van der Waals surface area (Å²) < 4.78 is 0.230. The number of aryl methyl sites for hydroxylation is 1. The molecule has 0 amide bonds. The second-order valence-electron chi connectivity index (χ2n) is 5.82. The van der Waals surface area contributed by atoms with Crippen molar-refractivity contribution in [2.45, 2.75) is 35.3 Å². The van der Waals surface area contributed by atoms with Crippen molar-refractivity contribution in [1.82, 2.24) is 0 Å². The van der Waals surface area contributed by atoms with Crippen LogP contribution in [0.5, 0.6) is 0 Å².